The number of hydrogen-bond acceptors (Lipinski definition) is 3. The van der Waals surface area contributed by atoms with Gasteiger partial charge in [-0.05, 0) is 38.5 Å². The Balaban J connectivity index is 2.85. The minimum Gasteiger partial charge on any atom is -0.591 e. The van der Waals surface area contributed by atoms with Gasteiger partial charge in [0.05, 0.1) is 11.8 Å². The summed E-state index contributed by atoms with van der Waals surface area (Å²) in [6.45, 7) is 5.48. The molecule has 92 valence electrons. The van der Waals surface area contributed by atoms with Crippen LogP contribution in [0.25, 0.3) is 0 Å². The molecule has 0 amide bonds. The van der Waals surface area contributed by atoms with Crippen molar-refractivity contribution in [2.45, 2.75) is 25.5 Å². The molecule has 0 aromatic heterocycles. The van der Waals surface area contributed by atoms with Crippen LogP contribution >= 0.6 is 0 Å². The van der Waals surface area contributed by atoms with Crippen molar-refractivity contribution in [3.05, 3.63) is 35.4 Å². The van der Waals surface area contributed by atoms with Gasteiger partial charge in [-0.3, -0.25) is 0 Å². The Kier molecular flexibility index (Phi) is 4.31. The van der Waals surface area contributed by atoms with Crippen LogP contribution in [0.5, 0.6) is 0 Å². The van der Waals surface area contributed by atoms with E-state index in [1.807, 2.05) is 20.8 Å². The predicted molar refractivity (Wildman–Crippen MR) is 68.9 cm³/mol. The fraction of sp³-hybridized carbons (Fsp3) is 0.333. The number of carbonyl (C=O) groups is 1. The Labute approximate surface area is 104 Å². The van der Waals surface area contributed by atoms with Crippen LogP contribution in [-0.2, 0) is 11.4 Å². The summed E-state index contributed by atoms with van der Waals surface area (Å²) in [4.78, 5) is 10.7. The first-order valence-corrected chi connectivity index (χ1v) is 6.21. The van der Waals surface area contributed by atoms with E-state index in [-0.39, 0.29) is 5.56 Å². The standard InChI is InChI=1S/C12H15NO3S/c1-12(2,3)17(16)13-8-9-5-4-6-10(7-9)11(14)15/h4-8H,1-3H3,(H,14,15)/b13-8+/t17-/m1/s1. The second-order valence-corrected chi connectivity index (χ2v) is 6.46. The van der Waals surface area contributed by atoms with Crippen molar-refractivity contribution >= 4 is 23.5 Å². The van der Waals surface area contributed by atoms with Gasteiger partial charge in [-0.1, -0.05) is 16.5 Å². The molecular weight excluding hydrogens is 238 g/mol. The van der Waals surface area contributed by atoms with E-state index < -0.39 is 22.1 Å². The smallest absolute Gasteiger partial charge is 0.335 e. The zero-order chi connectivity index (χ0) is 13.1. The molecule has 0 saturated carbocycles. The van der Waals surface area contributed by atoms with Gasteiger partial charge in [0, 0.05) is 0 Å². The van der Waals surface area contributed by atoms with E-state index >= 15 is 0 Å². The van der Waals surface area contributed by atoms with Crippen molar-refractivity contribution in [2.24, 2.45) is 4.40 Å². The van der Waals surface area contributed by atoms with Crippen LogP contribution in [0.4, 0.5) is 0 Å². The van der Waals surface area contributed by atoms with E-state index in [4.69, 9.17) is 5.11 Å². The highest BCUT2D eigenvalue weighted by molar-refractivity contribution is 7.91. The van der Waals surface area contributed by atoms with Crippen molar-refractivity contribution in [3.63, 3.8) is 0 Å². The molecule has 0 bridgehead atoms. The first-order chi connectivity index (χ1) is 7.80. The SMILES string of the molecule is CC(C)(C)[S@@+]([O-])/N=C/c1cccc(C(=O)O)c1. The largest absolute Gasteiger partial charge is 0.591 e. The Morgan fingerprint density at radius 1 is 1.47 bits per heavy atom. The number of rotatable bonds is 3. The maximum atomic E-state index is 11.7. The lowest BCUT2D eigenvalue weighted by molar-refractivity contribution is 0.0697. The van der Waals surface area contributed by atoms with E-state index in [2.05, 4.69) is 4.40 Å². The summed E-state index contributed by atoms with van der Waals surface area (Å²) in [5.74, 6) is -0.989. The molecule has 5 heteroatoms. The van der Waals surface area contributed by atoms with E-state index in [0.717, 1.165) is 0 Å². The van der Waals surface area contributed by atoms with Crippen LogP contribution in [-0.4, -0.2) is 26.6 Å². The second kappa shape index (κ2) is 5.33. The summed E-state index contributed by atoms with van der Waals surface area (Å²) in [5.41, 5.74) is 0.818. The fourth-order valence-electron chi connectivity index (χ4n) is 1.02. The molecule has 0 aliphatic carbocycles. The van der Waals surface area contributed by atoms with Crippen molar-refractivity contribution in [1.82, 2.24) is 0 Å². The van der Waals surface area contributed by atoms with Gasteiger partial charge in [-0.2, -0.15) is 0 Å². The first-order valence-electron chi connectivity index (χ1n) is 5.10. The molecule has 0 heterocycles. The molecule has 1 atom stereocenters. The molecule has 1 aromatic rings. The molecule has 17 heavy (non-hydrogen) atoms. The average Bonchev–Trinajstić information content (AvgIpc) is 2.25. The maximum absolute atomic E-state index is 11.7. The van der Waals surface area contributed by atoms with Crippen LogP contribution in [0.15, 0.2) is 28.7 Å². The third kappa shape index (κ3) is 4.20. The Hall–Kier alpha value is -1.33. The fourth-order valence-corrected chi connectivity index (χ4v) is 1.55. The highest BCUT2D eigenvalue weighted by Crippen LogP contribution is 2.16. The van der Waals surface area contributed by atoms with Crippen LogP contribution < -0.4 is 0 Å². The number of carboxylic acids is 1. The molecule has 0 radical (unpaired) electrons. The van der Waals surface area contributed by atoms with Crippen LogP contribution in [0.3, 0.4) is 0 Å². The summed E-state index contributed by atoms with van der Waals surface area (Å²) in [6, 6.07) is 6.34. The number of hydrogen-bond donors (Lipinski definition) is 1. The third-order valence-electron chi connectivity index (χ3n) is 1.95. The minimum absolute atomic E-state index is 0.190. The summed E-state index contributed by atoms with van der Waals surface area (Å²) in [5, 5.41) is 8.81. The van der Waals surface area contributed by atoms with Gasteiger partial charge in [0.15, 0.2) is 0 Å². The minimum atomic E-state index is -1.33. The van der Waals surface area contributed by atoms with Gasteiger partial charge in [0.2, 0.25) is 0 Å². The number of aromatic carboxylic acids is 1. The molecule has 0 saturated heterocycles. The molecule has 0 spiro atoms. The second-order valence-electron chi connectivity index (χ2n) is 4.53. The van der Waals surface area contributed by atoms with Crippen LogP contribution in [0.1, 0.15) is 36.7 Å². The quantitative estimate of drug-likeness (QED) is 0.663. The lowest BCUT2D eigenvalue weighted by Crippen LogP contribution is -2.25. The lowest BCUT2D eigenvalue weighted by atomic mass is 10.1. The maximum Gasteiger partial charge on any atom is 0.335 e. The van der Waals surface area contributed by atoms with Gasteiger partial charge in [-0.25, -0.2) is 4.79 Å². The van der Waals surface area contributed by atoms with E-state index in [0.29, 0.717) is 5.56 Å². The summed E-state index contributed by atoms with van der Waals surface area (Å²) >= 11 is -1.33. The van der Waals surface area contributed by atoms with Crippen molar-refractivity contribution in [3.8, 4) is 0 Å². The zero-order valence-electron chi connectivity index (χ0n) is 10.0. The number of carboxylic acid groups (broad SMARTS) is 1. The highest BCUT2D eigenvalue weighted by atomic mass is 32.2. The topological polar surface area (TPSA) is 72.7 Å². The number of nitrogens with zero attached hydrogens (tertiary/aromatic N) is 1. The van der Waals surface area contributed by atoms with E-state index in [1.165, 1.54) is 18.3 Å². The summed E-state index contributed by atoms with van der Waals surface area (Å²) in [6.07, 6.45) is 1.44. The van der Waals surface area contributed by atoms with Crippen LogP contribution in [0, 0.1) is 0 Å². The van der Waals surface area contributed by atoms with Gasteiger partial charge in [0.25, 0.3) is 0 Å². The molecule has 4 nitrogen and oxygen atoms in total. The number of benzene rings is 1. The monoisotopic (exact) mass is 253 g/mol. The molecular formula is C12H15NO3S. The van der Waals surface area contributed by atoms with Gasteiger partial charge >= 0.3 is 5.97 Å². The highest BCUT2D eigenvalue weighted by Gasteiger charge is 2.25. The van der Waals surface area contributed by atoms with Gasteiger partial charge < -0.3 is 9.66 Å². The third-order valence-corrected chi connectivity index (χ3v) is 3.30. The molecule has 1 aromatic carbocycles. The van der Waals surface area contributed by atoms with Gasteiger partial charge in [0.1, 0.15) is 16.1 Å². The molecule has 0 aliphatic heterocycles. The Bertz CT molecular complexity index is 438. The molecule has 0 fully saturated rings. The zero-order valence-corrected chi connectivity index (χ0v) is 10.8. The average molecular weight is 253 g/mol. The summed E-state index contributed by atoms with van der Waals surface area (Å²) in [7, 11) is 0. The normalized spacial score (nSPS) is 13.9. The van der Waals surface area contributed by atoms with Gasteiger partial charge in [-0.15, -0.1) is 0 Å². The van der Waals surface area contributed by atoms with Crippen molar-refractivity contribution < 1.29 is 14.5 Å². The van der Waals surface area contributed by atoms with Crippen molar-refractivity contribution in [1.29, 1.82) is 0 Å². The van der Waals surface area contributed by atoms with E-state index in [9.17, 15) is 9.35 Å². The molecule has 1 N–H and O–H groups in total. The van der Waals surface area contributed by atoms with Crippen LogP contribution in [0.2, 0.25) is 0 Å². The lowest BCUT2D eigenvalue weighted by Gasteiger charge is -2.17. The Morgan fingerprint density at radius 2 is 2.12 bits per heavy atom. The molecule has 0 aliphatic rings. The van der Waals surface area contributed by atoms with E-state index in [1.54, 1.807) is 12.1 Å². The predicted octanol–water partition coefficient (Wildman–Crippen LogP) is 2.27. The van der Waals surface area contributed by atoms with Crippen molar-refractivity contribution in [2.75, 3.05) is 0 Å². The molecule has 1 rings (SSSR count). The molecule has 0 unspecified atom stereocenters. The first kappa shape index (κ1) is 13.7. The summed E-state index contributed by atoms with van der Waals surface area (Å²) < 4.78 is 15.2. The Morgan fingerprint density at radius 3 is 2.65 bits per heavy atom.